The molecule has 1 unspecified atom stereocenters. The van der Waals surface area contributed by atoms with Gasteiger partial charge in [0.05, 0.1) is 6.61 Å². The van der Waals surface area contributed by atoms with Gasteiger partial charge in [-0.2, -0.15) is 0 Å². The summed E-state index contributed by atoms with van der Waals surface area (Å²) in [4.78, 5) is 11.3. The Morgan fingerprint density at radius 2 is 2.24 bits per heavy atom. The van der Waals surface area contributed by atoms with Gasteiger partial charge in [0.1, 0.15) is 5.75 Å². The van der Waals surface area contributed by atoms with Gasteiger partial charge in [-0.15, -0.1) is 0 Å². The molecule has 4 heteroatoms. The van der Waals surface area contributed by atoms with E-state index in [1.807, 2.05) is 6.92 Å². The van der Waals surface area contributed by atoms with Crippen molar-refractivity contribution in [2.75, 3.05) is 18.9 Å². The maximum atomic E-state index is 11.3. The minimum absolute atomic E-state index is 0.0834. The summed E-state index contributed by atoms with van der Waals surface area (Å²) in [6.45, 7) is 4.45. The molecule has 1 atom stereocenters. The van der Waals surface area contributed by atoms with Gasteiger partial charge in [-0.3, -0.25) is 0 Å². The first-order valence-electron chi connectivity index (χ1n) is 5.75. The number of benzene rings is 1. The largest absolute Gasteiger partial charge is 0.482 e. The van der Waals surface area contributed by atoms with Crippen molar-refractivity contribution in [1.29, 1.82) is 0 Å². The Bertz CT molecular complexity index is 365. The fourth-order valence-electron chi connectivity index (χ4n) is 1.14. The number of esters is 1. The normalized spacial score (nSPS) is 11.9. The Balaban J connectivity index is 2.28. The number of ether oxygens (including phenoxy) is 2. The Morgan fingerprint density at radius 3 is 2.88 bits per heavy atom. The Kier molecular flexibility index (Phi) is 5.33. The molecule has 94 valence electrons. The molecule has 4 nitrogen and oxygen atoms in total. The van der Waals surface area contributed by atoms with Gasteiger partial charge in [0.2, 0.25) is 0 Å². The fourth-order valence-corrected chi connectivity index (χ4v) is 1.14. The molecule has 1 rings (SSSR count). The van der Waals surface area contributed by atoms with Crippen molar-refractivity contribution in [1.82, 2.24) is 0 Å². The Hall–Kier alpha value is -1.71. The predicted molar refractivity (Wildman–Crippen MR) is 66.8 cm³/mol. The predicted octanol–water partition coefficient (Wildman–Crippen LogP) is 2.24. The van der Waals surface area contributed by atoms with Crippen molar-refractivity contribution in [3.05, 3.63) is 24.3 Å². The van der Waals surface area contributed by atoms with Crippen LogP contribution in [0.5, 0.6) is 5.75 Å². The van der Waals surface area contributed by atoms with Gasteiger partial charge >= 0.3 is 5.97 Å². The molecule has 0 fully saturated rings. The average Bonchev–Trinajstić information content (AvgIpc) is 2.33. The van der Waals surface area contributed by atoms with E-state index in [4.69, 9.17) is 15.2 Å². The minimum Gasteiger partial charge on any atom is -0.482 e. The van der Waals surface area contributed by atoms with E-state index < -0.39 is 0 Å². The van der Waals surface area contributed by atoms with Crippen LogP contribution in [-0.2, 0) is 9.53 Å². The standard InChI is InChI=1S/C13H19NO3/c1-3-10(2)8-17-13(15)9-16-12-6-4-5-11(14)7-12/h4-7,10H,3,8-9,14H2,1-2H3. The number of carbonyl (C=O) groups is 1. The summed E-state index contributed by atoms with van der Waals surface area (Å²) in [5.74, 6) is 0.601. The van der Waals surface area contributed by atoms with E-state index in [-0.39, 0.29) is 12.6 Å². The van der Waals surface area contributed by atoms with Crippen molar-refractivity contribution in [3.63, 3.8) is 0 Å². The van der Waals surface area contributed by atoms with Crippen molar-refractivity contribution >= 4 is 11.7 Å². The van der Waals surface area contributed by atoms with E-state index in [2.05, 4.69) is 6.92 Å². The Morgan fingerprint density at radius 1 is 1.47 bits per heavy atom. The zero-order chi connectivity index (χ0) is 12.7. The van der Waals surface area contributed by atoms with Gasteiger partial charge in [0, 0.05) is 11.8 Å². The van der Waals surface area contributed by atoms with E-state index >= 15 is 0 Å². The molecule has 0 aromatic heterocycles. The molecule has 0 saturated heterocycles. The zero-order valence-corrected chi connectivity index (χ0v) is 10.3. The second-order valence-corrected chi connectivity index (χ2v) is 4.06. The number of hydrogen-bond donors (Lipinski definition) is 1. The van der Waals surface area contributed by atoms with Crippen LogP contribution in [0.1, 0.15) is 20.3 Å². The summed E-state index contributed by atoms with van der Waals surface area (Å²) in [5, 5.41) is 0. The number of nitrogen functional groups attached to an aromatic ring is 1. The third kappa shape index (κ3) is 5.24. The first-order chi connectivity index (χ1) is 8.11. The second-order valence-electron chi connectivity index (χ2n) is 4.06. The summed E-state index contributed by atoms with van der Waals surface area (Å²) < 4.78 is 10.3. The average molecular weight is 237 g/mol. The van der Waals surface area contributed by atoms with Crippen LogP contribution in [0.3, 0.4) is 0 Å². The highest BCUT2D eigenvalue weighted by atomic mass is 16.6. The van der Waals surface area contributed by atoms with Gasteiger partial charge in [-0.05, 0) is 18.1 Å². The van der Waals surface area contributed by atoms with Crippen LogP contribution >= 0.6 is 0 Å². The smallest absolute Gasteiger partial charge is 0.344 e. The third-order valence-corrected chi connectivity index (χ3v) is 2.44. The van der Waals surface area contributed by atoms with Crippen LogP contribution in [-0.4, -0.2) is 19.2 Å². The molecule has 0 aliphatic heterocycles. The van der Waals surface area contributed by atoms with E-state index in [1.54, 1.807) is 24.3 Å². The topological polar surface area (TPSA) is 61.5 Å². The molecule has 0 bridgehead atoms. The van der Waals surface area contributed by atoms with Crippen LogP contribution in [0.2, 0.25) is 0 Å². The van der Waals surface area contributed by atoms with E-state index in [9.17, 15) is 4.79 Å². The molecular formula is C13H19NO3. The van der Waals surface area contributed by atoms with Crippen molar-refractivity contribution in [2.45, 2.75) is 20.3 Å². The van der Waals surface area contributed by atoms with Gasteiger partial charge in [0.15, 0.2) is 6.61 Å². The molecule has 1 aromatic rings. The number of nitrogens with two attached hydrogens (primary N) is 1. The second kappa shape index (κ2) is 6.78. The maximum Gasteiger partial charge on any atom is 0.344 e. The highest BCUT2D eigenvalue weighted by molar-refractivity contribution is 5.71. The molecular weight excluding hydrogens is 218 g/mol. The van der Waals surface area contributed by atoms with Crippen LogP contribution in [0.4, 0.5) is 5.69 Å². The molecule has 0 aliphatic carbocycles. The summed E-state index contributed by atoms with van der Waals surface area (Å²) in [6.07, 6.45) is 0.989. The van der Waals surface area contributed by atoms with E-state index in [1.165, 1.54) is 0 Å². The van der Waals surface area contributed by atoms with Crippen molar-refractivity contribution < 1.29 is 14.3 Å². The summed E-state index contributed by atoms with van der Waals surface area (Å²) >= 11 is 0. The molecule has 17 heavy (non-hydrogen) atoms. The fraction of sp³-hybridized carbons (Fsp3) is 0.462. The minimum atomic E-state index is -0.354. The Labute approximate surface area is 102 Å². The summed E-state index contributed by atoms with van der Waals surface area (Å²) in [5.41, 5.74) is 6.19. The first-order valence-corrected chi connectivity index (χ1v) is 5.75. The van der Waals surface area contributed by atoms with Crippen molar-refractivity contribution in [2.24, 2.45) is 5.92 Å². The maximum absolute atomic E-state index is 11.3. The molecule has 0 spiro atoms. The number of rotatable bonds is 6. The van der Waals surface area contributed by atoms with E-state index in [0.717, 1.165) is 6.42 Å². The number of carbonyl (C=O) groups excluding carboxylic acids is 1. The third-order valence-electron chi connectivity index (χ3n) is 2.44. The van der Waals surface area contributed by atoms with Gasteiger partial charge in [-0.1, -0.05) is 26.3 Å². The lowest BCUT2D eigenvalue weighted by molar-refractivity contribution is -0.147. The highest BCUT2D eigenvalue weighted by Crippen LogP contribution is 2.14. The van der Waals surface area contributed by atoms with Gasteiger partial charge < -0.3 is 15.2 Å². The highest BCUT2D eigenvalue weighted by Gasteiger charge is 2.06. The number of hydrogen-bond acceptors (Lipinski definition) is 4. The SMILES string of the molecule is CCC(C)COC(=O)COc1cccc(N)c1. The number of anilines is 1. The lowest BCUT2D eigenvalue weighted by Gasteiger charge is -2.10. The van der Waals surface area contributed by atoms with Gasteiger partial charge in [0.25, 0.3) is 0 Å². The summed E-state index contributed by atoms with van der Waals surface area (Å²) in [6, 6.07) is 6.95. The first kappa shape index (κ1) is 13.4. The molecule has 0 heterocycles. The molecule has 2 N–H and O–H groups in total. The quantitative estimate of drug-likeness (QED) is 0.609. The lowest BCUT2D eigenvalue weighted by atomic mass is 10.1. The molecule has 1 aromatic carbocycles. The van der Waals surface area contributed by atoms with Gasteiger partial charge in [-0.25, -0.2) is 4.79 Å². The van der Waals surface area contributed by atoms with Crippen molar-refractivity contribution in [3.8, 4) is 5.75 Å². The molecule has 0 aliphatic rings. The van der Waals surface area contributed by atoms with E-state index in [0.29, 0.717) is 24.0 Å². The molecule has 0 amide bonds. The van der Waals surface area contributed by atoms with Crippen LogP contribution in [0.15, 0.2) is 24.3 Å². The lowest BCUT2D eigenvalue weighted by Crippen LogP contribution is -2.18. The van der Waals surface area contributed by atoms with Crippen LogP contribution < -0.4 is 10.5 Å². The molecule has 0 radical (unpaired) electrons. The van der Waals surface area contributed by atoms with Crippen LogP contribution in [0.25, 0.3) is 0 Å². The monoisotopic (exact) mass is 237 g/mol. The summed E-state index contributed by atoms with van der Waals surface area (Å²) in [7, 11) is 0. The molecule has 0 saturated carbocycles. The zero-order valence-electron chi connectivity index (χ0n) is 10.3. The van der Waals surface area contributed by atoms with Crippen LogP contribution in [0, 0.1) is 5.92 Å².